The number of carboxylic acids is 1. The predicted molar refractivity (Wildman–Crippen MR) is 59.9 cm³/mol. The SMILES string of the molecule is CCN(CC)C1CCN(C)CC1C(=O)O. The summed E-state index contributed by atoms with van der Waals surface area (Å²) in [7, 11) is 1.99. The van der Waals surface area contributed by atoms with E-state index in [0.717, 1.165) is 26.1 Å². The molecule has 1 fully saturated rings. The average Bonchev–Trinajstić information content (AvgIpc) is 2.21. The van der Waals surface area contributed by atoms with Crippen molar-refractivity contribution < 1.29 is 9.90 Å². The minimum absolute atomic E-state index is 0.216. The van der Waals surface area contributed by atoms with E-state index in [2.05, 4.69) is 23.6 Å². The first kappa shape index (κ1) is 12.5. The lowest BCUT2D eigenvalue weighted by Gasteiger charge is -2.40. The van der Waals surface area contributed by atoms with Crippen molar-refractivity contribution in [2.75, 3.05) is 33.2 Å². The van der Waals surface area contributed by atoms with Crippen LogP contribution < -0.4 is 0 Å². The first-order valence-corrected chi connectivity index (χ1v) is 5.75. The molecule has 2 unspecified atom stereocenters. The first-order chi connectivity index (χ1) is 7.10. The Balaban J connectivity index is 2.71. The van der Waals surface area contributed by atoms with Gasteiger partial charge in [-0.25, -0.2) is 0 Å². The molecule has 0 radical (unpaired) electrons. The Morgan fingerprint density at radius 1 is 1.47 bits per heavy atom. The minimum atomic E-state index is -0.654. The van der Waals surface area contributed by atoms with Gasteiger partial charge >= 0.3 is 5.97 Å². The second kappa shape index (κ2) is 5.47. The van der Waals surface area contributed by atoms with Crippen LogP contribution in [-0.4, -0.2) is 60.1 Å². The molecule has 15 heavy (non-hydrogen) atoms. The molecule has 0 amide bonds. The summed E-state index contributed by atoms with van der Waals surface area (Å²) in [6, 6.07) is 0.216. The van der Waals surface area contributed by atoms with Gasteiger partial charge in [-0.2, -0.15) is 0 Å². The molecule has 0 aliphatic carbocycles. The van der Waals surface area contributed by atoms with Crippen molar-refractivity contribution >= 4 is 5.97 Å². The molecule has 1 aliphatic rings. The van der Waals surface area contributed by atoms with Gasteiger partial charge in [0.15, 0.2) is 0 Å². The van der Waals surface area contributed by atoms with Crippen molar-refractivity contribution in [2.24, 2.45) is 5.92 Å². The van der Waals surface area contributed by atoms with Gasteiger partial charge in [-0.3, -0.25) is 9.69 Å². The van der Waals surface area contributed by atoms with Crippen LogP contribution in [0.1, 0.15) is 20.3 Å². The largest absolute Gasteiger partial charge is 0.481 e. The Bertz CT molecular complexity index is 217. The Hall–Kier alpha value is -0.610. The molecular formula is C11H22N2O2. The summed E-state index contributed by atoms with van der Waals surface area (Å²) in [4.78, 5) is 15.6. The Morgan fingerprint density at radius 3 is 2.53 bits per heavy atom. The first-order valence-electron chi connectivity index (χ1n) is 5.75. The van der Waals surface area contributed by atoms with Crippen LogP contribution in [-0.2, 0) is 4.79 Å². The fraction of sp³-hybridized carbons (Fsp3) is 0.909. The van der Waals surface area contributed by atoms with E-state index in [-0.39, 0.29) is 12.0 Å². The summed E-state index contributed by atoms with van der Waals surface area (Å²) < 4.78 is 0. The van der Waals surface area contributed by atoms with Crippen molar-refractivity contribution in [1.82, 2.24) is 9.80 Å². The van der Waals surface area contributed by atoms with Gasteiger partial charge in [0, 0.05) is 12.6 Å². The number of carbonyl (C=O) groups is 1. The van der Waals surface area contributed by atoms with E-state index >= 15 is 0 Å². The van der Waals surface area contributed by atoms with Gasteiger partial charge in [-0.1, -0.05) is 13.8 Å². The monoisotopic (exact) mass is 214 g/mol. The molecule has 88 valence electrons. The van der Waals surface area contributed by atoms with E-state index in [9.17, 15) is 9.90 Å². The highest BCUT2D eigenvalue weighted by molar-refractivity contribution is 5.71. The van der Waals surface area contributed by atoms with Gasteiger partial charge in [0.2, 0.25) is 0 Å². The molecule has 0 spiro atoms. The minimum Gasteiger partial charge on any atom is -0.481 e. The highest BCUT2D eigenvalue weighted by Gasteiger charge is 2.35. The van der Waals surface area contributed by atoms with Gasteiger partial charge < -0.3 is 10.0 Å². The van der Waals surface area contributed by atoms with E-state index in [1.807, 2.05) is 7.05 Å². The number of carboxylic acid groups (broad SMARTS) is 1. The molecule has 2 atom stereocenters. The summed E-state index contributed by atoms with van der Waals surface area (Å²) in [5.74, 6) is -0.887. The molecule has 4 heteroatoms. The molecule has 1 saturated heterocycles. The van der Waals surface area contributed by atoms with Gasteiger partial charge in [0.1, 0.15) is 0 Å². The molecule has 0 aromatic heterocycles. The molecule has 4 nitrogen and oxygen atoms in total. The third kappa shape index (κ3) is 2.92. The molecule has 0 aromatic rings. The van der Waals surface area contributed by atoms with Crippen LogP contribution in [0.3, 0.4) is 0 Å². The van der Waals surface area contributed by atoms with E-state index in [1.54, 1.807) is 0 Å². The average molecular weight is 214 g/mol. The van der Waals surface area contributed by atoms with E-state index in [4.69, 9.17) is 0 Å². The molecule has 1 rings (SSSR count). The fourth-order valence-electron chi connectivity index (χ4n) is 2.47. The maximum atomic E-state index is 11.2. The predicted octanol–water partition coefficient (Wildman–Crippen LogP) is 0.733. The number of likely N-dealkylation sites (tertiary alicyclic amines) is 1. The lowest BCUT2D eigenvalue weighted by molar-refractivity contribution is -0.146. The Labute approximate surface area is 91.9 Å². The quantitative estimate of drug-likeness (QED) is 0.749. The number of hydrogen-bond donors (Lipinski definition) is 1. The van der Waals surface area contributed by atoms with E-state index in [1.165, 1.54) is 0 Å². The normalized spacial score (nSPS) is 28.3. The maximum Gasteiger partial charge on any atom is 0.309 e. The van der Waals surface area contributed by atoms with Crippen LogP contribution in [0.5, 0.6) is 0 Å². The Morgan fingerprint density at radius 2 is 2.07 bits per heavy atom. The molecule has 0 aromatic carbocycles. The molecule has 0 bridgehead atoms. The summed E-state index contributed by atoms with van der Waals surface area (Å²) in [6.07, 6.45) is 0.967. The van der Waals surface area contributed by atoms with Crippen molar-refractivity contribution in [3.8, 4) is 0 Å². The topological polar surface area (TPSA) is 43.8 Å². The zero-order valence-electron chi connectivity index (χ0n) is 9.94. The highest BCUT2D eigenvalue weighted by Crippen LogP contribution is 2.21. The number of piperidine rings is 1. The molecule has 1 N–H and O–H groups in total. The highest BCUT2D eigenvalue weighted by atomic mass is 16.4. The lowest BCUT2D eigenvalue weighted by Crippen LogP contribution is -2.52. The van der Waals surface area contributed by atoms with Crippen LogP contribution >= 0.6 is 0 Å². The van der Waals surface area contributed by atoms with E-state index in [0.29, 0.717) is 6.54 Å². The van der Waals surface area contributed by atoms with Crippen LogP contribution in [0.4, 0.5) is 0 Å². The van der Waals surface area contributed by atoms with Gasteiger partial charge in [-0.15, -0.1) is 0 Å². The number of aliphatic carboxylic acids is 1. The molecular weight excluding hydrogens is 192 g/mol. The van der Waals surface area contributed by atoms with Gasteiger partial charge in [0.25, 0.3) is 0 Å². The summed E-state index contributed by atoms with van der Waals surface area (Å²) in [5.41, 5.74) is 0. The maximum absolute atomic E-state index is 11.2. The van der Waals surface area contributed by atoms with Crippen molar-refractivity contribution in [2.45, 2.75) is 26.3 Å². The number of hydrogen-bond acceptors (Lipinski definition) is 3. The smallest absolute Gasteiger partial charge is 0.309 e. The fourth-order valence-corrected chi connectivity index (χ4v) is 2.47. The van der Waals surface area contributed by atoms with E-state index < -0.39 is 5.97 Å². The van der Waals surface area contributed by atoms with Crippen LogP contribution in [0.2, 0.25) is 0 Å². The van der Waals surface area contributed by atoms with Crippen LogP contribution in [0.15, 0.2) is 0 Å². The van der Waals surface area contributed by atoms with Crippen molar-refractivity contribution in [1.29, 1.82) is 0 Å². The van der Waals surface area contributed by atoms with Crippen LogP contribution in [0.25, 0.3) is 0 Å². The third-order valence-electron chi connectivity index (χ3n) is 3.38. The van der Waals surface area contributed by atoms with Crippen molar-refractivity contribution in [3.63, 3.8) is 0 Å². The zero-order valence-corrected chi connectivity index (χ0v) is 9.94. The summed E-state index contributed by atoms with van der Waals surface area (Å²) in [6.45, 7) is 7.76. The lowest BCUT2D eigenvalue weighted by atomic mass is 9.91. The Kier molecular flexibility index (Phi) is 4.54. The second-order valence-corrected chi connectivity index (χ2v) is 4.28. The van der Waals surface area contributed by atoms with Gasteiger partial charge in [0.05, 0.1) is 5.92 Å². The van der Waals surface area contributed by atoms with Crippen LogP contribution in [0, 0.1) is 5.92 Å². The second-order valence-electron chi connectivity index (χ2n) is 4.28. The molecule has 1 heterocycles. The molecule has 0 saturated carbocycles. The standard InChI is InChI=1S/C11H22N2O2/c1-4-13(5-2)10-6-7-12(3)8-9(10)11(14)15/h9-10H,4-8H2,1-3H3,(H,14,15). The van der Waals surface area contributed by atoms with Crippen molar-refractivity contribution in [3.05, 3.63) is 0 Å². The van der Waals surface area contributed by atoms with Gasteiger partial charge in [-0.05, 0) is 33.1 Å². The third-order valence-corrected chi connectivity index (χ3v) is 3.38. The zero-order chi connectivity index (χ0) is 11.4. The number of rotatable bonds is 4. The summed E-state index contributed by atoms with van der Waals surface area (Å²) in [5, 5.41) is 9.21. The summed E-state index contributed by atoms with van der Waals surface area (Å²) >= 11 is 0. The number of nitrogens with zero attached hydrogens (tertiary/aromatic N) is 2. The molecule has 1 aliphatic heterocycles.